The largest absolute Gasteiger partial charge is 0.465 e. The Morgan fingerprint density at radius 2 is 1.73 bits per heavy atom. The molecule has 0 aliphatic heterocycles. The summed E-state index contributed by atoms with van der Waals surface area (Å²) >= 11 is 0. The Balaban J connectivity index is 1.75. The van der Waals surface area contributed by atoms with Crippen LogP contribution in [0.15, 0.2) is 60.7 Å². The molecule has 30 heavy (non-hydrogen) atoms. The molecule has 7 heteroatoms. The number of pyridine rings is 1. The molecule has 4 aromatic rings. The fourth-order valence-corrected chi connectivity index (χ4v) is 3.39. The molecule has 0 aliphatic rings. The van der Waals surface area contributed by atoms with Gasteiger partial charge in [-0.1, -0.05) is 30.3 Å². The molecule has 2 aromatic carbocycles. The first-order chi connectivity index (χ1) is 14.5. The first-order valence-electron chi connectivity index (χ1n) is 9.37. The van der Waals surface area contributed by atoms with Gasteiger partial charge in [-0.05, 0) is 37.3 Å². The average molecular weight is 400 g/mol. The Kier molecular flexibility index (Phi) is 5.02. The smallest absolute Gasteiger partial charge is 0.337 e. The Bertz CT molecular complexity index is 1250. The third kappa shape index (κ3) is 3.53. The molecule has 150 valence electrons. The van der Waals surface area contributed by atoms with E-state index in [1.165, 1.54) is 7.11 Å². The summed E-state index contributed by atoms with van der Waals surface area (Å²) in [5.41, 5.74) is 4.44. The van der Waals surface area contributed by atoms with Gasteiger partial charge >= 0.3 is 5.97 Å². The fourth-order valence-electron chi connectivity index (χ4n) is 3.39. The van der Waals surface area contributed by atoms with E-state index in [9.17, 15) is 9.59 Å². The number of nitrogens with one attached hydrogen (secondary N) is 1. The van der Waals surface area contributed by atoms with Gasteiger partial charge in [-0.3, -0.25) is 9.48 Å². The summed E-state index contributed by atoms with van der Waals surface area (Å²) in [6.45, 7) is 1.86. The standard InChI is InChI=1S/C23H20N4O3/c1-14-20-18(22(28)24-17-11-9-16(10-12-17)23(29)30-3)13-19(15-7-5-4-6-8-15)25-21(20)27(2)26-14/h4-13H,1-3H3,(H,24,28). The van der Waals surface area contributed by atoms with Crippen molar-refractivity contribution in [2.75, 3.05) is 12.4 Å². The predicted octanol–water partition coefficient (Wildman–Crippen LogP) is 3.98. The lowest BCUT2D eigenvalue weighted by atomic mass is 10.0. The van der Waals surface area contributed by atoms with Gasteiger partial charge in [0.1, 0.15) is 0 Å². The molecule has 0 saturated carbocycles. The topological polar surface area (TPSA) is 86.1 Å². The Morgan fingerprint density at radius 1 is 1.03 bits per heavy atom. The molecule has 2 heterocycles. The first kappa shape index (κ1) is 19.3. The van der Waals surface area contributed by atoms with Gasteiger partial charge in [0.15, 0.2) is 5.65 Å². The van der Waals surface area contributed by atoms with Gasteiger partial charge in [0, 0.05) is 18.3 Å². The second-order valence-electron chi connectivity index (χ2n) is 6.85. The molecule has 0 bridgehead atoms. The number of carbonyl (C=O) groups is 2. The van der Waals surface area contributed by atoms with Crippen LogP contribution in [-0.2, 0) is 11.8 Å². The van der Waals surface area contributed by atoms with Crippen LogP contribution in [0.4, 0.5) is 5.69 Å². The van der Waals surface area contributed by atoms with E-state index in [-0.39, 0.29) is 5.91 Å². The number of aromatic nitrogens is 3. The number of hydrogen-bond donors (Lipinski definition) is 1. The van der Waals surface area contributed by atoms with Crippen LogP contribution in [0.5, 0.6) is 0 Å². The van der Waals surface area contributed by atoms with E-state index < -0.39 is 5.97 Å². The molecule has 1 amide bonds. The van der Waals surface area contributed by atoms with Crippen molar-refractivity contribution in [1.82, 2.24) is 14.8 Å². The number of hydrogen-bond acceptors (Lipinski definition) is 5. The molecule has 7 nitrogen and oxygen atoms in total. The molecular formula is C23H20N4O3. The summed E-state index contributed by atoms with van der Waals surface area (Å²) in [6.07, 6.45) is 0. The number of anilines is 1. The summed E-state index contributed by atoms with van der Waals surface area (Å²) in [4.78, 5) is 29.5. The second kappa shape index (κ2) is 7.79. The molecular weight excluding hydrogens is 380 g/mol. The van der Waals surface area contributed by atoms with E-state index >= 15 is 0 Å². The number of aryl methyl sites for hydroxylation is 2. The minimum atomic E-state index is -0.429. The number of amides is 1. The number of rotatable bonds is 4. The van der Waals surface area contributed by atoms with Crippen molar-refractivity contribution in [3.05, 3.63) is 77.5 Å². The van der Waals surface area contributed by atoms with Crippen molar-refractivity contribution in [3.63, 3.8) is 0 Å². The maximum absolute atomic E-state index is 13.2. The zero-order valence-corrected chi connectivity index (χ0v) is 16.8. The van der Waals surface area contributed by atoms with Crippen molar-refractivity contribution < 1.29 is 14.3 Å². The van der Waals surface area contributed by atoms with Crippen molar-refractivity contribution in [1.29, 1.82) is 0 Å². The Hall–Kier alpha value is -4.00. The van der Waals surface area contributed by atoms with Gasteiger partial charge in [0.25, 0.3) is 5.91 Å². The highest BCUT2D eigenvalue weighted by Gasteiger charge is 2.19. The monoisotopic (exact) mass is 400 g/mol. The van der Waals surface area contributed by atoms with E-state index in [0.717, 1.165) is 11.3 Å². The molecule has 0 aliphatic carbocycles. The third-order valence-electron chi connectivity index (χ3n) is 4.85. The molecule has 2 aromatic heterocycles. The quantitative estimate of drug-likeness (QED) is 0.524. The van der Waals surface area contributed by atoms with E-state index in [2.05, 4.69) is 10.4 Å². The maximum Gasteiger partial charge on any atom is 0.337 e. The molecule has 0 radical (unpaired) electrons. The van der Waals surface area contributed by atoms with Crippen LogP contribution in [-0.4, -0.2) is 33.8 Å². The molecule has 0 unspecified atom stereocenters. The highest BCUT2D eigenvalue weighted by molar-refractivity contribution is 6.13. The maximum atomic E-state index is 13.2. The Labute approximate surface area is 173 Å². The number of benzene rings is 2. The molecule has 0 spiro atoms. The number of fused-ring (bicyclic) bond motifs is 1. The second-order valence-corrected chi connectivity index (χ2v) is 6.85. The third-order valence-corrected chi connectivity index (χ3v) is 4.85. The van der Waals surface area contributed by atoms with Crippen LogP contribution >= 0.6 is 0 Å². The number of nitrogens with zero attached hydrogens (tertiary/aromatic N) is 3. The number of esters is 1. The van der Waals surface area contributed by atoms with E-state index in [4.69, 9.17) is 9.72 Å². The SMILES string of the molecule is COC(=O)c1ccc(NC(=O)c2cc(-c3ccccc3)nc3c2c(C)nn3C)cc1. The van der Waals surface area contributed by atoms with Crippen LogP contribution in [0.25, 0.3) is 22.3 Å². The summed E-state index contributed by atoms with van der Waals surface area (Å²) in [6, 6.07) is 18.0. The molecule has 4 rings (SSSR count). The summed E-state index contributed by atoms with van der Waals surface area (Å²) < 4.78 is 6.38. The molecule has 0 fully saturated rings. The molecule has 0 saturated heterocycles. The van der Waals surface area contributed by atoms with Crippen molar-refractivity contribution >= 4 is 28.6 Å². The summed E-state index contributed by atoms with van der Waals surface area (Å²) in [7, 11) is 3.14. The minimum Gasteiger partial charge on any atom is -0.465 e. The van der Waals surface area contributed by atoms with Crippen LogP contribution < -0.4 is 5.32 Å². The number of methoxy groups -OCH3 is 1. The van der Waals surface area contributed by atoms with E-state index in [1.807, 2.05) is 44.3 Å². The van der Waals surface area contributed by atoms with Crippen molar-refractivity contribution in [3.8, 4) is 11.3 Å². The lowest BCUT2D eigenvalue weighted by molar-refractivity contribution is 0.0600. The molecule has 1 N–H and O–H groups in total. The van der Waals surface area contributed by atoms with Crippen molar-refractivity contribution in [2.45, 2.75) is 6.92 Å². The average Bonchev–Trinajstić information content (AvgIpc) is 3.07. The lowest BCUT2D eigenvalue weighted by Gasteiger charge is -2.10. The van der Waals surface area contributed by atoms with E-state index in [1.54, 1.807) is 35.0 Å². The van der Waals surface area contributed by atoms with Gasteiger partial charge < -0.3 is 10.1 Å². The lowest BCUT2D eigenvalue weighted by Crippen LogP contribution is -2.13. The van der Waals surface area contributed by atoms with E-state index in [0.29, 0.717) is 33.5 Å². The van der Waals surface area contributed by atoms with Gasteiger partial charge in [-0.15, -0.1) is 0 Å². The van der Waals surface area contributed by atoms with Crippen LogP contribution in [0.2, 0.25) is 0 Å². The summed E-state index contributed by atoms with van der Waals surface area (Å²) in [5.74, 6) is -0.705. The normalized spacial score (nSPS) is 10.8. The van der Waals surface area contributed by atoms with Gasteiger partial charge in [-0.25, -0.2) is 9.78 Å². The van der Waals surface area contributed by atoms with Gasteiger partial charge in [0.05, 0.1) is 35.0 Å². The van der Waals surface area contributed by atoms with Gasteiger partial charge in [-0.2, -0.15) is 5.10 Å². The predicted molar refractivity (Wildman–Crippen MR) is 114 cm³/mol. The number of ether oxygens (including phenoxy) is 1. The highest BCUT2D eigenvalue weighted by Crippen LogP contribution is 2.27. The van der Waals surface area contributed by atoms with Gasteiger partial charge in [0.2, 0.25) is 0 Å². The van der Waals surface area contributed by atoms with Crippen LogP contribution in [0.3, 0.4) is 0 Å². The zero-order valence-electron chi connectivity index (χ0n) is 16.8. The fraction of sp³-hybridized carbons (Fsp3) is 0.130. The first-order valence-corrected chi connectivity index (χ1v) is 9.37. The highest BCUT2D eigenvalue weighted by atomic mass is 16.5. The number of carbonyl (C=O) groups excluding carboxylic acids is 2. The van der Waals surface area contributed by atoms with Crippen molar-refractivity contribution in [2.24, 2.45) is 7.05 Å². The minimum absolute atomic E-state index is 0.276. The zero-order chi connectivity index (χ0) is 21.3. The van der Waals surface area contributed by atoms with Crippen LogP contribution in [0.1, 0.15) is 26.4 Å². The van der Waals surface area contributed by atoms with Crippen LogP contribution in [0, 0.1) is 6.92 Å². The Morgan fingerprint density at radius 3 is 2.40 bits per heavy atom. The molecule has 0 atom stereocenters. The summed E-state index contributed by atoms with van der Waals surface area (Å²) in [5, 5.41) is 8.04.